The fourth-order valence-corrected chi connectivity index (χ4v) is 2.77. The molecule has 2 aromatic carbocycles. The van der Waals surface area contributed by atoms with Crippen LogP contribution in [0.15, 0.2) is 54.6 Å². The monoisotopic (exact) mass is 383 g/mol. The minimum absolute atomic E-state index is 0.268. The summed E-state index contributed by atoms with van der Waals surface area (Å²) in [5, 5.41) is 2.79. The van der Waals surface area contributed by atoms with Crippen molar-refractivity contribution < 1.29 is 19.1 Å². The standard InChI is InChI=1S/C23H29NO4/c1-3-5-9-16-28-20-14-12-19(13-15-20)22(25)24-21(23(26)27-4-2)17-18-10-7-6-8-11-18/h6-8,10-15,21H,3-5,9,16-17H2,1-2H3,(H,24,25). The van der Waals surface area contributed by atoms with Gasteiger partial charge in [0.15, 0.2) is 0 Å². The smallest absolute Gasteiger partial charge is 0.328 e. The first-order valence-corrected chi connectivity index (χ1v) is 9.88. The zero-order valence-corrected chi connectivity index (χ0v) is 16.6. The first kappa shape index (κ1) is 21.5. The predicted octanol–water partition coefficient (Wildman–Crippen LogP) is 4.16. The lowest BCUT2D eigenvalue weighted by Gasteiger charge is -2.17. The molecule has 0 heterocycles. The molecule has 5 heteroatoms. The van der Waals surface area contributed by atoms with Crippen molar-refractivity contribution in [1.29, 1.82) is 0 Å². The van der Waals surface area contributed by atoms with E-state index in [0.29, 0.717) is 18.6 Å². The Morgan fingerprint density at radius 1 is 0.964 bits per heavy atom. The third kappa shape index (κ3) is 7.06. The van der Waals surface area contributed by atoms with Crippen molar-refractivity contribution in [2.24, 2.45) is 0 Å². The molecule has 0 bridgehead atoms. The highest BCUT2D eigenvalue weighted by atomic mass is 16.5. The first-order valence-electron chi connectivity index (χ1n) is 9.88. The van der Waals surface area contributed by atoms with Crippen LogP contribution in [0.3, 0.4) is 0 Å². The number of hydrogen-bond acceptors (Lipinski definition) is 4. The summed E-state index contributed by atoms with van der Waals surface area (Å²) in [6, 6.07) is 15.8. The molecule has 0 aliphatic carbocycles. The normalized spacial score (nSPS) is 11.5. The number of rotatable bonds is 11. The Morgan fingerprint density at radius 3 is 2.32 bits per heavy atom. The maximum Gasteiger partial charge on any atom is 0.328 e. The number of ether oxygens (including phenoxy) is 2. The van der Waals surface area contributed by atoms with Crippen LogP contribution in [0, 0.1) is 0 Å². The van der Waals surface area contributed by atoms with Crippen molar-refractivity contribution in [2.45, 2.75) is 45.6 Å². The molecule has 0 aliphatic rings. The van der Waals surface area contributed by atoms with E-state index in [1.165, 1.54) is 0 Å². The highest BCUT2D eigenvalue weighted by Crippen LogP contribution is 2.14. The molecule has 1 unspecified atom stereocenters. The largest absolute Gasteiger partial charge is 0.494 e. The van der Waals surface area contributed by atoms with Gasteiger partial charge < -0.3 is 14.8 Å². The summed E-state index contributed by atoms with van der Waals surface area (Å²) < 4.78 is 10.8. The molecule has 28 heavy (non-hydrogen) atoms. The Morgan fingerprint density at radius 2 is 1.68 bits per heavy atom. The van der Waals surface area contributed by atoms with E-state index in [4.69, 9.17) is 9.47 Å². The molecule has 0 saturated heterocycles. The lowest BCUT2D eigenvalue weighted by molar-refractivity contribution is -0.145. The maximum atomic E-state index is 12.6. The van der Waals surface area contributed by atoms with Gasteiger partial charge in [-0.25, -0.2) is 4.79 Å². The van der Waals surface area contributed by atoms with Gasteiger partial charge in [0.25, 0.3) is 5.91 Å². The van der Waals surface area contributed by atoms with Crippen molar-refractivity contribution in [2.75, 3.05) is 13.2 Å². The maximum absolute atomic E-state index is 12.6. The Bertz CT molecular complexity index is 728. The summed E-state index contributed by atoms with van der Waals surface area (Å²) in [5.74, 6) is -0.0130. The average Bonchev–Trinajstić information content (AvgIpc) is 2.72. The topological polar surface area (TPSA) is 64.6 Å². The van der Waals surface area contributed by atoms with Crippen LogP contribution >= 0.6 is 0 Å². The van der Waals surface area contributed by atoms with Gasteiger partial charge in [0.2, 0.25) is 0 Å². The van der Waals surface area contributed by atoms with Crippen LogP contribution in [0.1, 0.15) is 49.0 Å². The van der Waals surface area contributed by atoms with E-state index >= 15 is 0 Å². The summed E-state index contributed by atoms with van der Waals surface area (Å²) in [6.45, 7) is 4.83. The minimum Gasteiger partial charge on any atom is -0.494 e. The van der Waals surface area contributed by atoms with Crippen LogP contribution < -0.4 is 10.1 Å². The number of carbonyl (C=O) groups is 2. The van der Waals surface area contributed by atoms with E-state index < -0.39 is 12.0 Å². The lowest BCUT2D eigenvalue weighted by Crippen LogP contribution is -2.43. The zero-order valence-electron chi connectivity index (χ0n) is 16.6. The van der Waals surface area contributed by atoms with Crippen LogP contribution in [-0.2, 0) is 16.0 Å². The van der Waals surface area contributed by atoms with Gasteiger partial charge in [-0.1, -0.05) is 50.1 Å². The molecule has 0 aliphatic heterocycles. The Balaban J connectivity index is 1.98. The number of unbranched alkanes of at least 4 members (excludes halogenated alkanes) is 2. The minimum atomic E-state index is -0.736. The molecule has 150 valence electrons. The van der Waals surface area contributed by atoms with E-state index in [-0.39, 0.29) is 12.5 Å². The van der Waals surface area contributed by atoms with Crippen molar-refractivity contribution in [3.63, 3.8) is 0 Å². The van der Waals surface area contributed by atoms with Gasteiger partial charge in [0, 0.05) is 12.0 Å². The zero-order chi connectivity index (χ0) is 20.2. The number of esters is 1. The summed E-state index contributed by atoms with van der Waals surface area (Å²) in [4.78, 5) is 24.9. The molecule has 1 N–H and O–H groups in total. The van der Waals surface area contributed by atoms with Gasteiger partial charge in [-0.3, -0.25) is 4.79 Å². The van der Waals surface area contributed by atoms with Crippen molar-refractivity contribution in [1.82, 2.24) is 5.32 Å². The molecule has 2 rings (SSSR count). The Kier molecular flexibility index (Phi) is 9.05. The van der Waals surface area contributed by atoms with Crippen LogP contribution in [-0.4, -0.2) is 31.1 Å². The molecule has 5 nitrogen and oxygen atoms in total. The number of nitrogens with one attached hydrogen (secondary N) is 1. The van der Waals surface area contributed by atoms with Crippen LogP contribution in [0.25, 0.3) is 0 Å². The summed E-state index contributed by atoms with van der Waals surface area (Å²) in [5.41, 5.74) is 1.43. The molecular formula is C23H29NO4. The molecule has 1 atom stereocenters. The third-order valence-corrected chi connectivity index (χ3v) is 4.29. The van der Waals surface area contributed by atoms with E-state index in [1.54, 1.807) is 31.2 Å². The second-order valence-electron chi connectivity index (χ2n) is 6.55. The number of benzene rings is 2. The van der Waals surface area contributed by atoms with Gasteiger partial charge in [-0.2, -0.15) is 0 Å². The van der Waals surface area contributed by atoms with E-state index in [2.05, 4.69) is 12.2 Å². The van der Waals surface area contributed by atoms with E-state index in [9.17, 15) is 9.59 Å². The van der Waals surface area contributed by atoms with Gasteiger partial charge in [-0.15, -0.1) is 0 Å². The van der Waals surface area contributed by atoms with Gasteiger partial charge in [-0.05, 0) is 43.2 Å². The second kappa shape index (κ2) is 11.8. The molecule has 0 spiro atoms. The second-order valence-corrected chi connectivity index (χ2v) is 6.55. The molecular weight excluding hydrogens is 354 g/mol. The third-order valence-electron chi connectivity index (χ3n) is 4.29. The summed E-state index contributed by atoms with van der Waals surface area (Å²) in [6.07, 6.45) is 3.67. The molecule has 1 amide bonds. The molecule has 0 aromatic heterocycles. The first-order chi connectivity index (χ1) is 13.6. The Hall–Kier alpha value is -2.82. The van der Waals surface area contributed by atoms with E-state index in [0.717, 1.165) is 30.6 Å². The summed E-state index contributed by atoms with van der Waals surface area (Å²) >= 11 is 0. The number of carbonyl (C=O) groups excluding carboxylic acids is 2. The molecule has 0 radical (unpaired) electrons. The quantitative estimate of drug-likeness (QED) is 0.467. The van der Waals surface area contributed by atoms with Crippen LogP contribution in [0.4, 0.5) is 0 Å². The lowest BCUT2D eigenvalue weighted by atomic mass is 10.1. The average molecular weight is 383 g/mol. The molecule has 0 fully saturated rings. The Labute approximate surface area is 167 Å². The summed E-state index contributed by atoms with van der Waals surface area (Å²) in [7, 11) is 0. The van der Waals surface area contributed by atoms with Crippen molar-refractivity contribution in [3.05, 3.63) is 65.7 Å². The van der Waals surface area contributed by atoms with Crippen LogP contribution in [0.5, 0.6) is 5.75 Å². The van der Waals surface area contributed by atoms with Gasteiger partial charge in [0.05, 0.1) is 13.2 Å². The number of amides is 1. The highest BCUT2D eigenvalue weighted by Gasteiger charge is 2.23. The van der Waals surface area contributed by atoms with Crippen molar-refractivity contribution >= 4 is 11.9 Å². The fourth-order valence-electron chi connectivity index (χ4n) is 2.77. The van der Waals surface area contributed by atoms with E-state index in [1.807, 2.05) is 30.3 Å². The van der Waals surface area contributed by atoms with Gasteiger partial charge >= 0.3 is 5.97 Å². The SMILES string of the molecule is CCCCCOc1ccc(C(=O)NC(Cc2ccccc2)C(=O)OCC)cc1. The molecule has 2 aromatic rings. The number of hydrogen-bond donors (Lipinski definition) is 1. The highest BCUT2D eigenvalue weighted by molar-refractivity contribution is 5.96. The fraction of sp³-hybridized carbons (Fsp3) is 0.391. The molecule has 0 saturated carbocycles. The predicted molar refractivity (Wildman–Crippen MR) is 109 cm³/mol. The van der Waals surface area contributed by atoms with Gasteiger partial charge in [0.1, 0.15) is 11.8 Å². The van der Waals surface area contributed by atoms with Crippen molar-refractivity contribution in [3.8, 4) is 5.75 Å². The van der Waals surface area contributed by atoms with Crippen LogP contribution in [0.2, 0.25) is 0 Å².